The Hall–Kier alpha value is -1.91. The zero-order valence-corrected chi connectivity index (χ0v) is 11.5. The van der Waals surface area contributed by atoms with Crippen LogP contribution in [0.4, 0.5) is 8.78 Å². The first-order chi connectivity index (χ1) is 9.43. The number of hydrogen-bond donors (Lipinski definition) is 2. The summed E-state index contributed by atoms with van der Waals surface area (Å²) in [5.74, 6) is -0.749. The smallest absolute Gasteiger partial charge is 0.188 e. The van der Waals surface area contributed by atoms with Crippen LogP contribution in [0.1, 0.15) is 25.3 Å². The minimum atomic E-state index is -0.562. The van der Waals surface area contributed by atoms with E-state index in [1.807, 2.05) is 6.92 Å². The molecule has 0 unspecified atom stereocenters. The standard InChI is InChI=1S/C15H19F2N3/c1-10(2)8-19-14(18)20-9-15(5-6-15)12-4-3-11(16)7-13(12)17/h3-4,7H,1,5-6,8-9H2,2H3,(H3,18,19,20). The Kier molecular flexibility index (Phi) is 4.06. The average molecular weight is 279 g/mol. The zero-order valence-electron chi connectivity index (χ0n) is 11.5. The summed E-state index contributed by atoms with van der Waals surface area (Å²) >= 11 is 0. The number of rotatable bonds is 5. The molecule has 0 saturated heterocycles. The molecule has 0 spiro atoms. The predicted molar refractivity (Wildman–Crippen MR) is 76.6 cm³/mol. The predicted octanol–water partition coefficient (Wildman–Crippen LogP) is 2.48. The maximum Gasteiger partial charge on any atom is 0.188 e. The van der Waals surface area contributed by atoms with Crippen molar-refractivity contribution >= 4 is 5.96 Å². The molecule has 1 fully saturated rings. The number of guanidine groups is 1. The Balaban J connectivity index is 2.05. The Morgan fingerprint density at radius 1 is 1.45 bits per heavy atom. The fourth-order valence-electron chi connectivity index (χ4n) is 2.12. The summed E-state index contributed by atoms with van der Waals surface area (Å²) in [4.78, 5) is 4.25. The number of aliphatic imine (C=N–C) groups is 1. The number of nitrogens with one attached hydrogen (secondary N) is 1. The van der Waals surface area contributed by atoms with E-state index in [2.05, 4.69) is 16.9 Å². The van der Waals surface area contributed by atoms with Crippen LogP contribution < -0.4 is 11.1 Å². The normalized spacial score (nSPS) is 16.9. The Morgan fingerprint density at radius 2 is 2.15 bits per heavy atom. The molecule has 0 aromatic heterocycles. The first kappa shape index (κ1) is 14.5. The third-order valence-corrected chi connectivity index (χ3v) is 3.48. The Labute approximate surface area is 117 Å². The molecule has 5 heteroatoms. The van der Waals surface area contributed by atoms with Crippen molar-refractivity contribution in [3.63, 3.8) is 0 Å². The van der Waals surface area contributed by atoms with Gasteiger partial charge in [0.2, 0.25) is 0 Å². The quantitative estimate of drug-likeness (QED) is 0.494. The maximum absolute atomic E-state index is 13.8. The van der Waals surface area contributed by atoms with Crippen molar-refractivity contribution in [1.82, 2.24) is 5.32 Å². The van der Waals surface area contributed by atoms with Gasteiger partial charge >= 0.3 is 0 Å². The second-order valence-electron chi connectivity index (χ2n) is 5.42. The molecule has 3 nitrogen and oxygen atoms in total. The van der Waals surface area contributed by atoms with E-state index in [4.69, 9.17) is 5.73 Å². The second-order valence-corrected chi connectivity index (χ2v) is 5.42. The molecule has 0 radical (unpaired) electrons. The fourth-order valence-corrected chi connectivity index (χ4v) is 2.12. The molecule has 108 valence electrons. The Morgan fingerprint density at radius 3 is 2.70 bits per heavy atom. The molecule has 0 aliphatic heterocycles. The van der Waals surface area contributed by atoms with Crippen LogP contribution in [-0.2, 0) is 5.41 Å². The summed E-state index contributed by atoms with van der Waals surface area (Å²) in [5, 5.41) is 2.93. The zero-order chi connectivity index (χ0) is 14.8. The summed E-state index contributed by atoms with van der Waals surface area (Å²) in [5.41, 5.74) is 6.89. The number of nitrogens with zero attached hydrogens (tertiary/aromatic N) is 1. The minimum absolute atomic E-state index is 0.321. The lowest BCUT2D eigenvalue weighted by molar-refractivity contribution is 0.549. The summed E-state index contributed by atoms with van der Waals surface area (Å²) in [6.45, 7) is 6.61. The highest BCUT2D eigenvalue weighted by Crippen LogP contribution is 2.49. The molecule has 1 aliphatic carbocycles. The minimum Gasteiger partial charge on any atom is -0.370 e. The molecule has 1 aliphatic rings. The first-order valence-electron chi connectivity index (χ1n) is 6.57. The van der Waals surface area contributed by atoms with Gasteiger partial charge in [0.15, 0.2) is 5.96 Å². The molecule has 0 amide bonds. The Bertz CT molecular complexity index is 548. The van der Waals surface area contributed by atoms with Crippen LogP contribution in [0.5, 0.6) is 0 Å². The van der Waals surface area contributed by atoms with Crippen LogP contribution >= 0.6 is 0 Å². The van der Waals surface area contributed by atoms with Crippen molar-refractivity contribution in [2.24, 2.45) is 10.7 Å². The molecular formula is C15H19F2N3. The van der Waals surface area contributed by atoms with Gasteiger partial charge in [-0.15, -0.1) is 0 Å². The van der Waals surface area contributed by atoms with Gasteiger partial charge in [-0.25, -0.2) is 8.78 Å². The van der Waals surface area contributed by atoms with Gasteiger partial charge in [-0.3, -0.25) is 4.99 Å². The van der Waals surface area contributed by atoms with Crippen LogP contribution in [0, 0.1) is 11.6 Å². The largest absolute Gasteiger partial charge is 0.370 e. The van der Waals surface area contributed by atoms with Crippen molar-refractivity contribution in [3.8, 4) is 0 Å². The number of halogens is 2. The SMILES string of the molecule is C=C(C)CNC(N)=NCC1(c2ccc(F)cc2F)CC1. The highest BCUT2D eigenvalue weighted by atomic mass is 19.1. The van der Waals surface area contributed by atoms with Crippen LogP contribution in [0.3, 0.4) is 0 Å². The van der Waals surface area contributed by atoms with Gasteiger partial charge in [0.05, 0.1) is 6.54 Å². The van der Waals surface area contributed by atoms with Crippen LogP contribution in [0.15, 0.2) is 35.3 Å². The van der Waals surface area contributed by atoms with Crippen molar-refractivity contribution < 1.29 is 8.78 Å². The van der Waals surface area contributed by atoms with Crippen LogP contribution in [-0.4, -0.2) is 19.0 Å². The molecule has 1 aromatic carbocycles. The lowest BCUT2D eigenvalue weighted by Crippen LogP contribution is -2.33. The van der Waals surface area contributed by atoms with E-state index >= 15 is 0 Å². The van der Waals surface area contributed by atoms with Crippen molar-refractivity contribution in [1.29, 1.82) is 0 Å². The molecule has 3 N–H and O–H groups in total. The van der Waals surface area contributed by atoms with E-state index in [1.165, 1.54) is 12.1 Å². The summed E-state index contributed by atoms with van der Waals surface area (Å²) in [6, 6.07) is 3.71. The van der Waals surface area contributed by atoms with E-state index in [-0.39, 0.29) is 5.41 Å². The number of benzene rings is 1. The van der Waals surface area contributed by atoms with Gasteiger partial charge in [-0.1, -0.05) is 18.2 Å². The van der Waals surface area contributed by atoms with Gasteiger partial charge in [0.1, 0.15) is 11.6 Å². The van der Waals surface area contributed by atoms with Crippen molar-refractivity contribution in [2.45, 2.75) is 25.2 Å². The van der Waals surface area contributed by atoms with Gasteiger partial charge in [-0.2, -0.15) is 0 Å². The molecule has 1 aromatic rings. The van der Waals surface area contributed by atoms with Gasteiger partial charge in [-0.05, 0) is 31.4 Å². The summed E-state index contributed by atoms with van der Waals surface area (Å²) < 4.78 is 26.8. The highest BCUT2D eigenvalue weighted by molar-refractivity contribution is 5.78. The maximum atomic E-state index is 13.8. The number of hydrogen-bond acceptors (Lipinski definition) is 1. The van der Waals surface area contributed by atoms with E-state index in [0.717, 1.165) is 24.5 Å². The van der Waals surface area contributed by atoms with E-state index in [1.54, 1.807) is 0 Å². The number of nitrogens with two attached hydrogens (primary N) is 1. The van der Waals surface area contributed by atoms with E-state index in [9.17, 15) is 8.78 Å². The average Bonchev–Trinajstić information content (AvgIpc) is 3.15. The summed E-state index contributed by atoms with van der Waals surface area (Å²) in [7, 11) is 0. The van der Waals surface area contributed by atoms with Gasteiger partial charge in [0, 0.05) is 18.0 Å². The lowest BCUT2D eigenvalue weighted by Gasteiger charge is -2.15. The van der Waals surface area contributed by atoms with Gasteiger partial charge < -0.3 is 11.1 Å². The topological polar surface area (TPSA) is 50.4 Å². The van der Waals surface area contributed by atoms with Crippen LogP contribution in [0.25, 0.3) is 0 Å². The third kappa shape index (κ3) is 3.35. The summed E-state index contributed by atoms with van der Waals surface area (Å²) in [6.07, 6.45) is 1.68. The lowest BCUT2D eigenvalue weighted by atomic mass is 9.95. The molecule has 0 bridgehead atoms. The molecule has 0 heterocycles. The molecule has 0 atom stereocenters. The molecular weight excluding hydrogens is 260 g/mol. The third-order valence-electron chi connectivity index (χ3n) is 3.48. The fraction of sp³-hybridized carbons (Fsp3) is 0.400. The van der Waals surface area contributed by atoms with E-state index in [0.29, 0.717) is 24.6 Å². The van der Waals surface area contributed by atoms with Crippen molar-refractivity contribution in [2.75, 3.05) is 13.1 Å². The van der Waals surface area contributed by atoms with Crippen LogP contribution in [0.2, 0.25) is 0 Å². The molecule has 1 saturated carbocycles. The first-order valence-corrected chi connectivity index (χ1v) is 6.57. The molecule has 2 rings (SSSR count). The van der Waals surface area contributed by atoms with E-state index < -0.39 is 11.6 Å². The van der Waals surface area contributed by atoms with Crippen molar-refractivity contribution in [3.05, 3.63) is 47.5 Å². The second kappa shape index (κ2) is 5.61. The monoisotopic (exact) mass is 279 g/mol. The highest BCUT2D eigenvalue weighted by Gasteiger charge is 2.45. The molecule has 20 heavy (non-hydrogen) atoms. The van der Waals surface area contributed by atoms with Gasteiger partial charge in [0.25, 0.3) is 0 Å².